The van der Waals surface area contributed by atoms with Crippen LogP contribution in [0.5, 0.6) is 0 Å². The van der Waals surface area contributed by atoms with E-state index >= 15 is 0 Å². The zero-order valence-corrected chi connectivity index (χ0v) is 13.2. The van der Waals surface area contributed by atoms with E-state index in [1.54, 1.807) is 27.8 Å². The van der Waals surface area contributed by atoms with Crippen molar-refractivity contribution in [2.24, 2.45) is 0 Å². The summed E-state index contributed by atoms with van der Waals surface area (Å²) in [6, 6.07) is 8.71. The second kappa shape index (κ2) is 5.63. The summed E-state index contributed by atoms with van der Waals surface area (Å²) in [5.74, 6) is -0.255. The van der Waals surface area contributed by atoms with Crippen LogP contribution >= 0.6 is 0 Å². The van der Waals surface area contributed by atoms with Gasteiger partial charge in [0.15, 0.2) is 11.5 Å². The van der Waals surface area contributed by atoms with Gasteiger partial charge in [-0.2, -0.15) is 5.01 Å². The minimum atomic E-state index is -0.323. The van der Waals surface area contributed by atoms with E-state index in [-0.39, 0.29) is 17.2 Å². The molecule has 0 fully saturated rings. The van der Waals surface area contributed by atoms with E-state index in [0.717, 1.165) is 22.5 Å². The maximum absolute atomic E-state index is 14.3. The number of pyridine rings is 1. The molecule has 3 heterocycles. The number of aryl methyl sites for hydroxylation is 1. The van der Waals surface area contributed by atoms with Crippen molar-refractivity contribution in [1.82, 2.24) is 4.98 Å². The number of aromatic nitrogens is 1. The van der Waals surface area contributed by atoms with Crippen molar-refractivity contribution in [3.8, 4) is 0 Å². The first-order valence-corrected chi connectivity index (χ1v) is 7.33. The topological polar surface area (TPSA) is 86.2 Å². The van der Waals surface area contributed by atoms with Crippen molar-refractivity contribution in [2.45, 2.75) is 13.8 Å². The molecule has 2 aliphatic rings. The Morgan fingerprint density at radius 3 is 2.62 bits per heavy atom. The van der Waals surface area contributed by atoms with Crippen molar-refractivity contribution in [2.75, 3.05) is 10.0 Å². The maximum Gasteiger partial charge on any atom is 0.271 e. The van der Waals surface area contributed by atoms with Crippen LogP contribution in [0.25, 0.3) is 6.08 Å². The summed E-state index contributed by atoms with van der Waals surface area (Å²) in [7, 11) is 0. The first kappa shape index (κ1) is 16.0. The van der Waals surface area contributed by atoms with E-state index in [1.807, 2.05) is 38.1 Å². The SMILES string of the molecule is CC1=Cc2cccc(F)c2N2[NH2+]N(c3ccc(C)nc3)C(O)=C12.[OH-]. The van der Waals surface area contributed by atoms with Crippen molar-refractivity contribution in [3.05, 3.63) is 70.8 Å². The smallest absolute Gasteiger partial charge is 0.271 e. The molecule has 7 heteroatoms. The fourth-order valence-corrected chi connectivity index (χ4v) is 2.98. The summed E-state index contributed by atoms with van der Waals surface area (Å²) in [4.78, 5) is 4.25. The van der Waals surface area contributed by atoms with Gasteiger partial charge in [-0.15, -0.1) is 10.5 Å². The molecule has 0 spiro atoms. The number of rotatable bonds is 1. The molecular weight excluding hydrogens is 311 g/mol. The summed E-state index contributed by atoms with van der Waals surface area (Å²) >= 11 is 0. The third-order valence-corrected chi connectivity index (χ3v) is 4.09. The highest BCUT2D eigenvalue weighted by Crippen LogP contribution is 2.37. The molecule has 6 nitrogen and oxygen atoms in total. The normalized spacial score (nSPS) is 15.7. The van der Waals surface area contributed by atoms with Gasteiger partial charge in [-0.1, -0.05) is 12.1 Å². The number of anilines is 2. The van der Waals surface area contributed by atoms with Gasteiger partial charge in [-0.25, -0.2) is 4.39 Å². The Balaban J connectivity index is 0.00000169. The van der Waals surface area contributed by atoms with E-state index in [9.17, 15) is 9.50 Å². The van der Waals surface area contributed by atoms with Gasteiger partial charge >= 0.3 is 0 Å². The lowest BCUT2D eigenvalue weighted by molar-refractivity contribution is -0.661. The zero-order valence-electron chi connectivity index (χ0n) is 13.2. The molecule has 1 aromatic heterocycles. The molecule has 0 saturated heterocycles. The third-order valence-electron chi connectivity index (χ3n) is 4.09. The number of para-hydroxylation sites is 1. The molecule has 0 amide bonds. The molecule has 0 radical (unpaired) electrons. The fourth-order valence-electron chi connectivity index (χ4n) is 2.98. The number of benzene rings is 1. The van der Waals surface area contributed by atoms with Crippen LogP contribution in [-0.4, -0.2) is 15.6 Å². The average Bonchev–Trinajstić information content (AvgIpc) is 2.86. The molecule has 0 atom stereocenters. The standard InChI is InChI=1S/C17H15FN4O.H2O/c1-10-8-12-4-3-5-14(18)16(12)22-15(10)17(23)21(20-22)13-7-6-11(2)19-9-13;/h3-9,20,23H,1-2H3;1H2. The van der Waals surface area contributed by atoms with Crippen LogP contribution in [0.3, 0.4) is 0 Å². The Morgan fingerprint density at radius 1 is 1.12 bits per heavy atom. The largest absolute Gasteiger partial charge is 0.870 e. The zero-order chi connectivity index (χ0) is 16.1. The highest BCUT2D eigenvalue weighted by molar-refractivity contribution is 5.79. The van der Waals surface area contributed by atoms with Crippen LogP contribution in [0.4, 0.5) is 15.8 Å². The van der Waals surface area contributed by atoms with Crippen LogP contribution in [0.1, 0.15) is 18.2 Å². The number of hydrogen-bond acceptors (Lipinski definition) is 5. The molecule has 2 aromatic rings. The maximum atomic E-state index is 14.3. The number of aliphatic hydroxyl groups is 1. The van der Waals surface area contributed by atoms with E-state index in [0.29, 0.717) is 11.4 Å². The van der Waals surface area contributed by atoms with Crippen molar-refractivity contribution < 1.29 is 20.5 Å². The Hall–Kier alpha value is -2.90. The molecule has 0 saturated carbocycles. The van der Waals surface area contributed by atoms with Crippen LogP contribution in [0.15, 0.2) is 53.7 Å². The summed E-state index contributed by atoms with van der Waals surface area (Å²) in [6.45, 7) is 3.80. The number of halogens is 1. The molecule has 24 heavy (non-hydrogen) atoms. The molecule has 4 N–H and O–H groups in total. The second-order valence-electron chi connectivity index (χ2n) is 5.69. The number of nitrogens with two attached hydrogens (primary N) is 1. The van der Waals surface area contributed by atoms with E-state index < -0.39 is 0 Å². The first-order valence-electron chi connectivity index (χ1n) is 7.33. The minimum Gasteiger partial charge on any atom is -0.870 e. The molecule has 0 unspecified atom stereocenters. The molecular formula is C17H17FN4O2. The average molecular weight is 328 g/mol. The van der Waals surface area contributed by atoms with E-state index in [1.165, 1.54) is 6.07 Å². The third kappa shape index (κ3) is 2.22. The van der Waals surface area contributed by atoms with Gasteiger partial charge in [0.25, 0.3) is 5.88 Å². The Morgan fingerprint density at radius 2 is 1.92 bits per heavy atom. The molecule has 0 bridgehead atoms. The number of allylic oxidation sites excluding steroid dienone is 1. The number of fused-ring (bicyclic) bond motifs is 3. The summed E-state index contributed by atoms with van der Waals surface area (Å²) in [5.41, 5.74) is 6.00. The van der Waals surface area contributed by atoms with Gasteiger partial charge in [0, 0.05) is 11.3 Å². The van der Waals surface area contributed by atoms with Gasteiger partial charge < -0.3 is 10.6 Å². The fraction of sp³-hybridized carbons (Fsp3) is 0.118. The van der Waals surface area contributed by atoms with Gasteiger partial charge in [0.05, 0.1) is 6.20 Å². The Kier molecular flexibility index (Phi) is 3.75. The van der Waals surface area contributed by atoms with Crippen molar-refractivity contribution in [3.63, 3.8) is 0 Å². The molecule has 4 rings (SSSR count). The van der Waals surface area contributed by atoms with E-state index in [2.05, 4.69) is 4.98 Å². The number of aliphatic hydroxyl groups excluding tert-OH is 1. The predicted molar refractivity (Wildman–Crippen MR) is 87.5 cm³/mol. The van der Waals surface area contributed by atoms with Gasteiger partial charge in [0.1, 0.15) is 11.4 Å². The van der Waals surface area contributed by atoms with Crippen LogP contribution < -0.4 is 15.6 Å². The van der Waals surface area contributed by atoms with Crippen molar-refractivity contribution >= 4 is 17.5 Å². The quantitative estimate of drug-likeness (QED) is 0.784. The van der Waals surface area contributed by atoms with E-state index in [4.69, 9.17) is 0 Å². The lowest BCUT2D eigenvalue weighted by Crippen LogP contribution is -2.99. The Labute approximate surface area is 138 Å². The highest BCUT2D eigenvalue weighted by Gasteiger charge is 2.40. The lowest BCUT2D eigenvalue weighted by Gasteiger charge is -2.24. The number of nitrogens with zero attached hydrogens (tertiary/aromatic N) is 3. The predicted octanol–water partition coefficient (Wildman–Crippen LogP) is 2.22. The monoisotopic (exact) mass is 328 g/mol. The van der Waals surface area contributed by atoms with Crippen LogP contribution in [-0.2, 0) is 0 Å². The van der Waals surface area contributed by atoms with Crippen molar-refractivity contribution in [1.29, 1.82) is 0 Å². The van der Waals surface area contributed by atoms with Crippen LogP contribution in [0.2, 0.25) is 0 Å². The highest BCUT2D eigenvalue weighted by atomic mass is 19.1. The van der Waals surface area contributed by atoms with Crippen LogP contribution in [0, 0.1) is 12.7 Å². The summed E-state index contributed by atoms with van der Waals surface area (Å²) < 4.78 is 14.3. The van der Waals surface area contributed by atoms with Gasteiger partial charge in [-0.05, 0) is 43.7 Å². The number of quaternary nitrogens is 1. The summed E-state index contributed by atoms with van der Waals surface area (Å²) in [5, 5.41) is 13.9. The molecule has 1 aromatic carbocycles. The second-order valence-corrected chi connectivity index (χ2v) is 5.69. The summed E-state index contributed by atoms with van der Waals surface area (Å²) in [6.07, 6.45) is 3.56. The molecule has 124 valence electrons. The molecule has 0 aliphatic carbocycles. The first-order chi connectivity index (χ1) is 11.1. The number of hydrogen-bond donors (Lipinski definition) is 2. The molecule has 2 aliphatic heterocycles. The lowest BCUT2D eigenvalue weighted by atomic mass is 10.0. The minimum absolute atomic E-state index is 0. The van der Waals surface area contributed by atoms with Gasteiger partial charge in [0.2, 0.25) is 0 Å². The Bertz CT molecular complexity index is 861. The van der Waals surface area contributed by atoms with Gasteiger partial charge in [-0.3, -0.25) is 4.98 Å².